The van der Waals surface area contributed by atoms with Crippen molar-refractivity contribution in [3.8, 4) is 0 Å². The van der Waals surface area contributed by atoms with Crippen LogP contribution in [0.25, 0.3) is 0 Å². The van der Waals surface area contributed by atoms with Gasteiger partial charge in [0.05, 0.1) is 0 Å². The molecule has 0 heterocycles. The van der Waals surface area contributed by atoms with Gasteiger partial charge in [0.1, 0.15) is 0 Å². The number of alkyl halides is 1. The van der Waals surface area contributed by atoms with E-state index in [9.17, 15) is 4.79 Å². The fraction of sp³-hybridized carbons (Fsp3) is 0.950. The number of carbonyl (C=O) groups is 1. The smallest absolute Gasteiger partial charge is 0.303 e. The molecule has 0 saturated carbocycles. The third kappa shape index (κ3) is 22.2. The second kappa shape index (κ2) is 20.2. The van der Waals surface area contributed by atoms with E-state index in [1.807, 2.05) is 0 Å². The molecule has 0 aromatic carbocycles. The fourth-order valence-corrected chi connectivity index (χ4v) is 3.56. The van der Waals surface area contributed by atoms with E-state index in [2.05, 4.69) is 22.6 Å². The minimum Gasteiger partial charge on any atom is -0.481 e. The standard InChI is InChI=1S/C20H39IO2/c21-19-17-15-13-11-9-7-5-3-1-2-4-6-8-10-12-14-16-18-20(22)23/h1-19H2,(H,22,23). The molecule has 2 nitrogen and oxygen atoms in total. The number of hydrogen-bond donors (Lipinski definition) is 1. The van der Waals surface area contributed by atoms with Crippen molar-refractivity contribution in [1.29, 1.82) is 0 Å². The number of carboxylic acids is 1. The molecule has 0 spiro atoms. The number of carboxylic acid groups (broad SMARTS) is 1. The van der Waals surface area contributed by atoms with Gasteiger partial charge in [0.25, 0.3) is 0 Å². The quantitative estimate of drug-likeness (QED) is 0.129. The van der Waals surface area contributed by atoms with Gasteiger partial charge in [-0.05, 0) is 17.3 Å². The highest BCUT2D eigenvalue weighted by Crippen LogP contribution is 2.14. The molecule has 1 N–H and O–H groups in total. The zero-order chi connectivity index (χ0) is 17.0. The van der Waals surface area contributed by atoms with Crippen LogP contribution in [-0.2, 0) is 4.79 Å². The molecule has 0 aliphatic rings. The predicted octanol–water partition coefficient (Wildman–Crippen LogP) is 7.53. The molecule has 0 aromatic rings. The lowest BCUT2D eigenvalue weighted by Crippen LogP contribution is -1.93. The third-order valence-corrected chi connectivity index (χ3v) is 5.29. The Hall–Kier alpha value is 0.200. The van der Waals surface area contributed by atoms with E-state index >= 15 is 0 Å². The van der Waals surface area contributed by atoms with Crippen LogP contribution in [0.2, 0.25) is 0 Å². The highest BCUT2D eigenvalue weighted by Gasteiger charge is 1.97. The van der Waals surface area contributed by atoms with Gasteiger partial charge in [-0.2, -0.15) is 0 Å². The number of unbranched alkanes of at least 4 members (excludes halogenated alkanes) is 16. The van der Waals surface area contributed by atoms with Crippen LogP contribution in [0.1, 0.15) is 116 Å². The Morgan fingerprint density at radius 1 is 0.522 bits per heavy atom. The topological polar surface area (TPSA) is 37.3 Å². The van der Waals surface area contributed by atoms with Crippen molar-refractivity contribution >= 4 is 28.6 Å². The first kappa shape index (κ1) is 23.2. The average molecular weight is 438 g/mol. The third-order valence-electron chi connectivity index (χ3n) is 4.52. The van der Waals surface area contributed by atoms with Gasteiger partial charge in [-0.1, -0.05) is 119 Å². The molecule has 0 amide bonds. The van der Waals surface area contributed by atoms with Gasteiger partial charge in [0.15, 0.2) is 0 Å². The molecule has 0 aliphatic carbocycles. The van der Waals surface area contributed by atoms with E-state index in [1.54, 1.807) is 0 Å². The number of rotatable bonds is 19. The Morgan fingerprint density at radius 3 is 1.04 bits per heavy atom. The van der Waals surface area contributed by atoms with E-state index in [-0.39, 0.29) is 0 Å². The summed E-state index contributed by atoms with van der Waals surface area (Å²) in [7, 11) is 0. The van der Waals surface area contributed by atoms with Crippen LogP contribution in [0.4, 0.5) is 0 Å². The molecule has 0 rings (SSSR count). The van der Waals surface area contributed by atoms with Crippen LogP contribution in [0.5, 0.6) is 0 Å². The molecule has 0 radical (unpaired) electrons. The maximum atomic E-state index is 10.4. The summed E-state index contributed by atoms with van der Waals surface area (Å²) < 4.78 is 1.32. The van der Waals surface area contributed by atoms with Crippen molar-refractivity contribution in [1.82, 2.24) is 0 Å². The Bertz CT molecular complexity index is 244. The minimum atomic E-state index is -0.652. The van der Waals surface area contributed by atoms with E-state index in [1.165, 1.54) is 101 Å². The molecule has 0 aliphatic heterocycles. The van der Waals surface area contributed by atoms with E-state index in [4.69, 9.17) is 5.11 Å². The van der Waals surface area contributed by atoms with Crippen LogP contribution >= 0.6 is 22.6 Å². The fourth-order valence-electron chi connectivity index (χ4n) is 3.02. The van der Waals surface area contributed by atoms with Crippen LogP contribution < -0.4 is 0 Å². The molecule has 0 saturated heterocycles. The van der Waals surface area contributed by atoms with Crippen molar-refractivity contribution < 1.29 is 9.90 Å². The monoisotopic (exact) mass is 438 g/mol. The summed E-state index contributed by atoms with van der Waals surface area (Å²) in [5.74, 6) is -0.652. The van der Waals surface area contributed by atoms with E-state index in [0.29, 0.717) is 6.42 Å². The van der Waals surface area contributed by atoms with Crippen LogP contribution in [0.3, 0.4) is 0 Å². The normalized spacial score (nSPS) is 11.0. The summed E-state index contributed by atoms with van der Waals surface area (Å²) in [4.78, 5) is 10.4. The summed E-state index contributed by atoms with van der Waals surface area (Å²) in [6.45, 7) is 0. The SMILES string of the molecule is O=C(O)CCCCCCCCCCCCCCCCCCCI. The molecule has 23 heavy (non-hydrogen) atoms. The van der Waals surface area contributed by atoms with Crippen LogP contribution in [0.15, 0.2) is 0 Å². The Morgan fingerprint density at radius 2 is 0.783 bits per heavy atom. The van der Waals surface area contributed by atoms with Gasteiger partial charge in [0.2, 0.25) is 0 Å². The summed E-state index contributed by atoms with van der Waals surface area (Å²) >= 11 is 2.47. The van der Waals surface area contributed by atoms with E-state index in [0.717, 1.165) is 12.8 Å². The first-order valence-electron chi connectivity index (χ1n) is 10.0. The number of halogens is 1. The van der Waals surface area contributed by atoms with Crippen molar-refractivity contribution in [2.45, 2.75) is 116 Å². The van der Waals surface area contributed by atoms with Gasteiger partial charge >= 0.3 is 5.97 Å². The lowest BCUT2D eigenvalue weighted by Gasteiger charge is -2.03. The lowest BCUT2D eigenvalue weighted by atomic mass is 10.0. The lowest BCUT2D eigenvalue weighted by molar-refractivity contribution is -0.137. The average Bonchev–Trinajstić information content (AvgIpc) is 2.53. The van der Waals surface area contributed by atoms with Gasteiger partial charge in [-0.15, -0.1) is 0 Å². The Balaban J connectivity index is 2.96. The highest BCUT2D eigenvalue weighted by molar-refractivity contribution is 14.1. The molecule has 0 aromatic heterocycles. The molecule has 3 heteroatoms. The van der Waals surface area contributed by atoms with Crippen molar-refractivity contribution in [2.75, 3.05) is 4.43 Å². The second-order valence-electron chi connectivity index (χ2n) is 6.84. The summed E-state index contributed by atoms with van der Waals surface area (Å²) in [6.07, 6.45) is 23.2. The predicted molar refractivity (Wildman–Crippen MR) is 110 cm³/mol. The van der Waals surface area contributed by atoms with Gasteiger partial charge < -0.3 is 5.11 Å². The Labute approximate surface area is 158 Å². The van der Waals surface area contributed by atoms with Crippen LogP contribution in [-0.4, -0.2) is 15.5 Å². The van der Waals surface area contributed by atoms with E-state index < -0.39 is 5.97 Å². The zero-order valence-corrected chi connectivity index (χ0v) is 17.3. The molecule has 0 fully saturated rings. The van der Waals surface area contributed by atoms with Crippen molar-refractivity contribution in [3.05, 3.63) is 0 Å². The zero-order valence-electron chi connectivity index (χ0n) is 15.2. The summed E-state index contributed by atoms with van der Waals surface area (Å²) in [5.41, 5.74) is 0. The highest BCUT2D eigenvalue weighted by atomic mass is 127. The van der Waals surface area contributed by atoms with Crippen molar-refractivity contribution in [3.63, 3.8) is 0 Å². The maximum Gasteiger partial charge on any atom is 0.303 e. The molecular formula is C20H39IO2. The van der Waals surface area contributed by atoms with Gasteiger partial charge in [0, 0.05) is 6.42 Å². The first-order valence-corrected chi connectivity index (χ1v) is 11.6. The molecule has 0 unspecified atom stereocenters. The largest absolute Gasteiger partial charge is 0.481 e. The number of hydrogen-bond acceptors (Lipinski definition) is 1. The molecule has 0 atom stereocenters. The number of aliphatic carboxylic acids is 1. The van der Waals surface area contributed by atoms with Crippen LogP contribution in [0, 0.1) is 0 Å². The van der Waals surface area contributed by atoms with Gasteiger partial charge in [-0.3, -0.25) is 4.79 Å². The van der Waals surface area contributed by atoms with Crippen molar-refractivity contribution in [2.24, 2.45) is 0 Å². The maximum absolute atomic E-state index is 10.4. The second-order valence-corrected chi connectivity index (χ2v) is 7.92. The minimum absolute atomic E-state index is 0.346. The molecular weight excluding hydrogens is 399 g/mol. The molecule has 138 valence electrons. The first-order chi connectivity index (χ1) is 11.3. The summed E-state index contributed by atoms with van der Waals surface area (Å²) in [6, 6.07) is 0. The molecule has 0 bridgehead atoms. The summed E-state index contributed by atoms with van der Waals surface area (Å²) in [5, 5.41) is 8.55. The van der Waals surface area contributed by atoms with Gasteiger partial charge in [-0.25, -0.2) is 0 Å². The Kier molecular flexibility index (Phi) is 20.4.